The summed E-state index contributed by atoms with van der Waals surface area (Å²) in [4.78, 5) is 0. The summed E-state index contributed by atoms with van der Waals surface area (Å²) in [7, 11) is 11.5. The fraction of sp³-hybridized carbons (Fsp3) is 0.0909. The van der Waals surface area contributed by atoms with Crippen molar-refractivity contribution in [2.24, 2.45) is 0 Å². The van der Waals surface area contributed by atoms with Crippen molar-refractivity contribution >= 4 is 26.6 Å². The van der Waals surface area contributed by atoms with E-state index in [2.05, 4.69) is 54.6 Å². The second kappa shape index (κ2) is 11.7. The van der Waals surface area contributed by atoms with Crippen LogP contribution in [-0.4, -0.2) is 15.7 Å². The second-order valence-corrected chi connectivity index (χ2v) is 8.19. The molecule has 0 unspecified atom stereocenters. The van der Waals surface area contributed by atoms with E-state index in [0.29, 0.717) is 0 Å². The minimum absolute atomic E-state index is 0.737. The van der Waals surface area contributed by atoms with Crippen molar-refractivity contribution in [3.63, 3.8) is 0 Å². The molecule has 35 heavy (non-hydrogen) atoms. The van der Waals surface area contributed by atoms with Crippen molar-refractivity contribution < 1.29 is 0 Å². The Morgan fingerprint density at radius 1 is 0.486 bits per heavy atom. The highest BCUT2D eigenvalue weighted by Gasteiger charge is 2.01. The van der Waals surface area contributed by atoms with Crippen molar-refractivity contribution in [2.45, 2.75) is 19.8 Å². The third kappa shape index (κ3) is 7.08. The van der Waals surface area contributed by atoms with Crippen LogP contribution in [0.25, 0.3) is 0 Å². The molecule has 0 heterocycles. The molecular formula is C33H22B2. The lowest BCUT2D eigenvalue weighted by atomic mass is 9.95. The normalized spacial score (nSPS) is 9.63. The van der Waals surface area contributed by atoms with Crippen LogP contribution in [0.4, 0.5) is 0 Å². The number of hydrogen-bond donors (Lipinski definition) is 0. The quantitative estimate of drug-likeness (QED) is 0.320. The van der Waals surface area contributed by atoms with E-state index in [1.807, 2.05) is 78.9 Å². The molecule has 4 aromatic carbocycles. The fourth-order valence-corrected chi connectivity index (χ4v) is 3.47. The van der Waals surface area contributed by atoms with Gasteiger partial charge in [0, 0.05) is 33.4 Å². The van der Waals surface area contributed by atoms with Crippen molar-refractivity contribution in [2.75, 3.05) is 0 Å². The Morgan fingerprint density at radius 3 is 1.31 bits per heavy atom. The molecule has 4 aromatic rings. The Morgan fingerprint density at radius 2 is 0.857 bits per heavy atom. The number of benzene rings is 4. The molecule has 0 N–H and O–H groups in total. The van der Waals surface area contributed by atoms with E-state index in [1.54, 1.807) is 0 Å². The molecule has 0 atom stereocenters. The van der Waals surface area contributed by atoms with Gasteiger partial charge in [0.05, 0.1) is 0 Å². The Kier molecular flexibility index (Phi) is 7.97. The van der Waals surface area contributed by atoms with Crippen LogP contribution < -0.4 is 10.9 Å². The maximum atomic E-state index is 5.76. The maximum Gasteiger partial charge on any atom is 0.113 e. The number of aryl methyl sites for hydroxylation is 1. The first kappa shape index (κ1) is 23.8. The molecule has 0 saturated heterocycles. The third-order valence-corrected chi connectivity index (χ3v) is 5.37. The Bertz CT molecular complexity index is 1490. The van der Waals surface area contributed by atoms with Gasteiger partial charge >= 0.3 is 0 Å². The SMILES string of the molecule is [B]c1ccc(C#Cc2ccc(C#Cc3ccc(C#Cc4ccc([B])cc4)c(CCC)c3)cc2)cc1. The summed E-state index contributed by atoms with van der Waals surface area (Å²) in [5.74, 6) is 19.4. The average Bonchev–Trinajstić information content (AvgIpc) is 2.88. The highest BCUT2D eigenvalue weighted by Crippen LogP contribution is 2.14. The van der Waals surface area contributed by atoms with Gasteiger partial charge in [-0.25, -0.2) is 0 Å². The maximum absolute atomic E-state index is 5.76. The predicted octanol–water partition coefficient (Wildman–Crippen LogP) is 4.43. The van der Waals surface area contributed by atoms with Crippen LogP contribution in [0.15, 0.2) is 91.0 Å². The third-order valence-electron chi connectivity index (χ3n) is 5.37. The van der Waals surface area contributed by atoms with Gasteiger partial charge in [0.1, 0.15) is 15.7 Å². The summed E-state index contributed by atoms with van der Waals surface area (Å²) in [5, 5.41) is 0. The van der Waals surface area contributed by atoms with E-state index in [0.717, 1.165) is 57.1 Å². The molecule has 0 aliphatic rings. The van der Waals surface area contributed by atoms with Crippen LogP contribution in [0.3, 0.4) is 0 Å². The molecule has 0 bridgehead atoms. The van der Waals surface area contributed by atoms with Crippen molar-refractivity contribution in [1.82, 2.24) is 0 Å². The van der Waals surface area contributed by atoms with E-state index >= 15 is 0 Å². The lowest BCUT2D eigenvalue weighted by Gasteiger charge is -2.04. The largest absolute Gasteiger partial charge is 0.113 e. The van der Waals surface area contributed by atoms with E-state index < -0.39 is 0 Å². The second-order valence-electron chi connectivity index (χ2n) is 8.19. The van der Waals surface area contributed by atoms with Gasteiger partial charge in [-0.2, -0.15) is 0 Å². The first-order valence-corrected chi connectivity index (χ1v) is 11.6. The summed E-state index contributed by atoms with van der Waals surface area (Å²) in [6, 6.07) is 29.4. The zero-order valence-electron chi connectivity index (χ0n) is 19.7. The molecule has 160 valence electrons. The standard InChI is InChI=1S/C33H22B2/c1-2-3-31-24-29(13-19-30(31)18-12-28-16-22-33(35)23-17-28)11-10-26-6-4-25(5-7-26)8-9-27-14-20-32(34)21-15-27/h4-7,13-17,19-24H,2-3H2,1H3. The van der Waals surface area contributed by atoms with Gasteiger partial charge in [-0.15, -0.1) is 0 Å². The van der Waals surface area contributed by atoms with Crippen LogP contribution in [0, 0.1) is 35.5 Å². The molecule has 0 amide bonds. The lowest BCUT2D eigenvalue weighted by molar-refractivity contribution is 0.918. The lowest BCUT2D eigenvalue weighted by Crippen LogP contribution is -1.99. The molecular weight excluding hydrogens is 418 g/mol. The molecule has 2 heteroatoms. The summed E-state index contributed by atoms with van der Waals surface area (Å²) >= 11 is 0. The van der Waals surface area contributed by atoms with E-state index in [9.17, 15) is 0 Å². The van der Waals surface area contributed by atoms with Gasteiger partial charge in [-0.3, -0.25) is 0 Å². The Labute approximate surface area is 211 Å². The number of rotatable bonds is 2. The average molecular weight is 440 g/mol. The minimum Gasteiger partial charge on any atom is -0.0966 e. The summed E-state index contributed by atoms with van der Waals surface area (Å²) in [6.45, 7) is 2.17. The van der Waals surface area contributed by atoms with Gasteiger partial charge in [0.2, 0.25) is 0 Å². The molecule has 0 aromatic heterocycles. The summed E-state index contributed by atoms with van der Waals surface area (Å²) in [6.07, 6.45) is 2.01. The predicted molar refractivity (Wildman–Crippen MR) is 148 cm³/mol. The molecule has 0 spiro atoms. The van der Waals surface area contributed by atoms with E-state index in [-0.39, 0.29) is 0 Å². The highest BCUT2D eigenvalue weighted by atomic mass is 14.0. The van der Waals surface area contributed by atoms with E-state index in [4.69, 9.17) is 15.7 Å². The monoisotopic (exact) mass is 440 g/mol. The highest BCUT2D eigenvalue weighted by molar-refractivity contribution is 6.32. The molecule has 4 radical (unpaired) electrons. The topological polar surface area (TPSA) is 0 Å². The Hall–Kier alpha value is -4.31. The van der Waals surface area contributed by atoms with Gasteiger partial charge in [-0.1, -0.05) is 84.1 Å². The first-order valence-electron chi connectivity index (χ1n) is 11.6. The zero-order valence-corrected chi connectivity index (χ0v) is 19.7. The van der Waals surface area contributed by atoms with Crippen LogP contribution >= 0.6 is 0 Å². The van der Waals surface area contributed by atoms with Crippen LogP contribution in [-0.2, 0) is 6.42 Å². The van der Waals surface area contributed by atoms with Crippen molar-refractivity contribution in [1.29, 1.82) is 0 Å². The first-order chi connectivity index (χ1) is 17.1. The summed E-state index contributed by atoms with van der Waals surface area (Å²) in [5.41, 5.74) is 8.51. The van der Waals surface area contributed by atoms with Gasteiger partial charge < -0.3 is 0 Å². The van der Waals surface area contributed by atoms with Crippen molar-refractivity contribution in [3.8, 4) is 35.5 Å². The number of hydrogen-bond acceptors (Lipinski definition) is 0. The van der Waals surface area contributed by atoms with E-state index in [1.165, 1.54) is 5.56 Å². The molecule has 0 nitrogen and oxygen atoms in total. The van der Waals surface area contributed by atoms with Gasteiger partial charge in [0.25, 0.3) is 0 Å². The molecule has 0 aliphatic heterocycles. The Balaban J connectivity index is 1.49. The molecule has 0 fully saturated rings. The molecule has 0 saturated carbocycles. The smallest absolute Gasteiger partial charge is 0.0966 e. The minimum atomic E-state index is 0.737. The molecule has 0 aliphatic carbocycles. The van der Waals surface area contributed by atoms with Crippen LogP contribution in [0.5, 0.6) is 0 Å². The fourth-order valence-electron chi connectivity index (χ4n) is 3.47. The van der Waals surface area contributed by atoms with Gasteiger partial charge in [-0.05, 0) is 78.7 Å². The van der Waals surface area contributed by atoms with Crippen LogP contribution in [0.2, 0.25) is 0 Å². The molecule has 4 rings (SSSR count). The van der Waals surface area contributed by atoms with Crippen molar-refractivity contribution in [3.05, 3.63) is 130 Å². The summed E-state index contributed by atoms with van der Waals surface area (Å²) < 4.78 is 0. The zero-order chi connectivity index (χ0) is 24.5. The van der Waals surface area contributed by atoms with Crippen LogP contribution in [0.1, 0.15) is 52.3 Å². The van der Waals surface area contributed by atoms with Gasteiger partial charge in [0.15, 0.2) is 0 Å².